The highest BCUT2D eigenvalue weighted by Gasteiger charge is 2.17. The van der Waals surface area contributed by atoms with Crippen molar-refractivity contribution in [3.63, 3.8) is 0 Å². The van der Waals surface area contributed by atoms with Crippen molar-refractivity contribution in [2.75, 3.05) is 25.3 Å². The molecule has 5 nitrogen and oxygen atoms in total. The average Bonchev–Trinajstić information content (AvgIpc) is 2.37. The van der Waals surface area contributed by atoms with Crippen molar-refractivity contribution in [2.24, 2.45) is 0 Å². The van der Waals surface area contributed by atoms with Gasteiger partial charge in [-0.1, -0.05) is 0 Å². The summed E-state index contributed by atoms with van der Waals surface area (Å²) >= 11 is 0. The van der Waals surface area contributed by atoms with Crippen LogP contribution in [0.2, 0.25) is 0 Å². The molecule has 1 aromatic heterocycles. The minimum absolute atomic E-state index is 0.0940. The van der Waals surface area contributed by atoms with E-state index < -0.39 is 0 Å². The molecule has 2 aromatic rings. The number of nitrogens with zero attached hydrogens (tertiary/aromatic N) is 1. The predicted molar refractivity (Wildman–Crippen MR) is 82.6 cm³/mol. The van der Waals surface area contributed by atoms with Gasteiger partial charge in [0.15, 0.2) is 11.5 Å². The summed E-state index contributed by atoms with van der Waals surface area (Å²) in [4.78, 5) is 4.40. The molecule has 0 amide bonds. The van der Waals surface area contributed by atoms with Crippen molar-refractivity contribution in [3.05, 3.63) is 18.3 Å². The number of nitrogen functional groups attached to an aromatic ring is 1. The molecule has 0 unspecified atom stereocenters. The second-order valence-electron chi connectivity index (χ2n) is 5.66. The molecule has 0 bridgehead atoms. The molecule has 0 aliphatic carbocycles. The van der Waals surface area contributed by atoms with E-state index >= 15 is 0 Å². The first kappa shape index (κ1) is 14.2. The van der Waals surface area contributed by atoms with Crippen LogP contribution in [-0.4, -0.2) is 24.7 Å². The summed E-state index contributed by atoms with van der Waals surface area (Å²) in [5, 5.41) is 5.18. The number of pyridine rings is 1. The van der Waals surface area contributed by atoms with E-state index in [9.17, 15) is 0 Å². The summed E-state index contributed by atoms with van der Waals surface area (Å²) in [6, 6.07) is 3.77. The topological polar surface area (TPSA) is 69.4 Å². The molecule has 1 heterocycles. The molecule has 0 aliphatic rings. The molecule has 0 fully saturated rings. The van der Waals surface area contributed by atoms with Crippen LogP contribution in [0, 0.1) is 0 Å². The van der Waals surface area contributed by atoms with E-state index in [4.69, 9.17) is 15.2 Å². The van der Waals surface area contributed by atoms with Gasteiger partial charge in [-0.05, 0) is 32.9 Å². The van der Waals surface area contributed by atoms with Crippen LogP contribution in [0.15, 0.2) is 18.3 Å². The normalized spacial score (nSPS) is 11.4. The number of hydrogen-bond donors (Lipinski definition) is 2. The number of aromatic nitrogens is 1. The molecule has 2 rings (SSSR count). The highest BCUT2D eigenvalue weighted by molar-refractivity contribution is 6.03. The van der Waals surface area contributed by atoms with E-state index in [2.05, 4.69) is 31.1 Å². The summed E-state index contributed by atoms with van der Waals surface area (Å²) in [5.41, 5.74) is 6.64. The Kier molecular flexibility index (Phi) is 3.61. The van der Waals surface area contributed by atoms with Crippen molar-refractivity contribution < 1.29 is 9.47 Å². The molecule has 0 aliphatic heterocycles. The minimum atomic E-state index is -0.0940. The molecule has 108 valence electrons. The largest absolute Gasteiger partial charge is 0.493 e. The Hall–Kier alpha value is -2.17. The Bertz CT molecular complexity index is 633. The lowest BCUT2D eigenvalue weighted by molar-refractivity contribution is 0.357. The van der Waals surface area contributed by atoms with E-state index in [-0.39, 0.29) is 5.54 Å². The Morgan fingerprint density at radius 3 is 2.40 bits per heavy atom. The second-order valence-corrected chi connectivity index (χ2v) is 5.66. The number of rotatable bonds is 3. The third-order valence-electron chi connectivity index (χ3n) is 2.94. The SMILES string of the molecule is COc1cc2c(NC(C)(C)C)nccc2c(N)c1OC. The molecule has 0 saturated heterocycles. The Labute approximate surface area is 119 Å². The summed E-state index contributed by atoms with van der Waals surface area (Å²) in [6.45, 7) is 6.24. The number of nitrogens with one attached hydrogen (secondary N) is 1. The van der Waals surface area contributed by atoms with Gasteiger partial charge in [0.05, 0.1) is 19.9 Å². The molecule has 3 N–H and O–H groups in total. The number of ether oxygens (including phenoxy) is 2. The van der Waals surface area contributed by atoms with Crippen molar-refractivity contribution in [1.82, 2.24) is 4.98 Å². The molecule has 20 heavy (non-hydrogen) atoms. The maximum Gasteiger partial charge on any atom is 0.184 e. The first-order chi connectivity index (χ1) is 9.37. The molecule has 0 saturated carbocycles. The van der Waals surface area contributed by atoms with Gasteiger partial charge in [0.1, 0.15) is 5.82 Å². The van der Waals surface area contributed by atoms with E-state index in [0.717, 1.165) is 16.6 Å². The van der Waals surface area contributed by atoms with Crippen LogP contribution in [0.4, 0.5) is 11.5 Å². The van der Waals surface area contributed by atoms with Crippen LogP contribution in [0.25, 0.3) is 10.8 Å². The lowest BCUT2D eigenvalue weighted by Gasteiger charge is -2.23. The number of methoxy groups -OCH3 is 2. The first-order valence-corrected chi connectivity index (χ1v) is 6.44. The standard InChI is InChI=1S/C15H21N3O2/c1-15(2,3)18-14-10-8-11(19-4)13(20-5)12(16)9(10)6-7-17-14/h6-8H,16H2,1-5H3,(H,17,18). The Morgan fingerprint density at radius 2 is 1.85 bits per heavy atom. The molecular weight excluding hydrogens is 254 g/mol. The highest BCUT2D eigenvalue weighted by atomic mass is 16.5. The average molecular weight is 275 g/mol. The summed E-state index contributed by atoms with van der Waals surface area (Å²) < 4.78 is 10.7. The number of nitrogens with two attached hydrogens (primary N) is 1. The fourth-order valence-electron chi connectivity index (χ4n) is 2.12. The van der Waals surface area contributed by atoms with Gasteiger partial charge in [-0.25, -0.2) is 4.98 Å². The van der Waals surface area contributed by atoms with E-state index in [1.807, 2.05) is 12.1 Å². The number of anilines is 2. The van der Waals surface area contributed by atoms with E-state index in [0.29, 0.717) is 17.2 Å². The molecule has 5 heteroatoms. The molecular formula is C15H21N3O2. The zero-order valence-corrected chi connectivity index (χ0v) is 12.6. The lowest BCUT2D eigenvalue weighted by Crippen LogP contribution is -2.26. The van der Waals surface area contributed by atoms with Gasteiger partial charge in [-0.3, -0.25) is 0 Å². The maximum absolute atomic E-state index is 6.18. The van der Waals surface area contributed by atoms with Gasteiger partial charge >= 0.3 is 0 Å². The van der Waals surface area contributed by atoms with Crippen molar-refractivity contribution in [1.29, 1.82) is 0 Å². The third-order valence-corrected chi connectivity index (χ3v) is 2.94. The fourth-order valence-corrected chi connectivity index (χ4v) is 2.12. The Morgan fingerprint density at radius 1 is 1.15 bits per heavy atom. The maximum atomic E-state index is 6.18. The van der Waals surface area contributed by atoms with Crippen LogP contribution in [0.1, 0.15) is 20.8 Å². The fraction of sp³-hybridized carbons (Fsp3) is 0.400. The van der Waals surface area contributed by atoms with Crippen molar-refractivity contribution in [3.8, 4) is 11.5 Å². The third kappa shape index (κ3) is 2.57. The smallest absolute Gasteiger partial charge is 0.184 e. The molecule has 0 atom stereocenters. The van der Waals surface area contributed by atoms with Crippen LogP contribution >= 0.6 is 0 Å². The minimum Gasteiger partial charge on any atom is -0.493 e. The summed E-state index contributed by atoms with van der Waals surface area (Å²) in [5.74, 6) is 1.93. The summed E-state index contributed by atoms with van der Waals surface area (Å²) in [6.07, 6.45) is 1.73. The molecule has 0 spiro atoms. The van der Waals surface area contributed by atoms with Gasteiger partial charge in [0.2, 0.25) is 0 Å². The Balaban J connectivity index is 2.72. The van der Waals surface area contributed by atoms with Crippen LogP contribution < -0.4 is 20.5 Å². The second kappa shape index (κ2) is 5.07. The van der Waals surface area contributed by atoms with Gasteiger partial charge in [0, 0.05) is 22.5 Å². The monoisotopic (exact) mass is 275 g/mol. The predicted octanol–water partition coefficient (Wildman–Crippen LogP) is 3.04. The highest BCUT2D eigenvalue weighted by Crippen LogP contribution is 2.41. The zero-order valence-electron chi connectivity index (χ0n) is 12.6. The number of benzene rings is 1. The van der Waals surface area contributed by atoms with Crippen molar-refractivity contribution in [2.45, 2.75) is 26.3 Å². The van der Waals surface area contributed by atoms with Gasteiger partial charge < -0.3 is 20.5 Å². The molecule has 1 aromatic carbocycles. The van der Waals surface area contributed by atoms with Crippen LogP contribution in [-0.2, 0) is 0 Å². The molecule has 0 radical (unpaired) electrons. The van der Waals surface area contributed by atoms with Gasteiger partial charge in [0.25, 0.3) is 0 Å². The van der Waals surface area contributed by atoms with Gasteiger partial charge in [-0.15, -0.1) is 0 Å². The van der Waals surface area contributed by atoms with Crippen molar-refractivity contribution >= 4 is 22.3 Å². The van der Waals surface area contributed by atoms with E-state index in [1.54, 1.807) is 20.4 Å². The zero-order chi connectivity index (χ0) is 14.9. The van der Waals surface area contributed by atoms with Crippen LogP contribution in [0.3, 0.4) is 0 Å². The van der Waals surface area contributed by atoms with Crippen LogP contribution in [0.5, 0.6) is 11.5 Å². The quantitative estimate of drug-likeness (QED) is 0.843. The van der Waals surface area contributed by atoms with Gasteiger partial charge in [-0.2, -0.15) is 0 Å². The lowest BCUT2D eigenvalue weighted by atomic mass is 10.1. The van der Waals surface area contributed by atoms with E-state index in [1.165, 1.54) is 0 Å². The number of fused-ring (bicyclic) bond motifs is 1. The first-order valence-electron chi connectivity index (χ1n) is 6.44. The summed E-state index contributed by atoms with van der Waals surface area (Å²) in [7, 11) is 3.17. The number of hydrogen-bond acceptors (Lipinski definition) is 5.